The van der Waals surface area contributed by atoms with Crippen molar-refractivity contribution < 1.29 is 9.47 Å². The van der Waals surface area contributed by atoms with Crippen molar-refractivity contribution in [2.24, 2.45) is 5.10 Å². The molecule has 0 saturated carbocycles. The Kier molecular flexibility index (Phi) is 5.38. The van der Waals surface area contributed by atoms with Gasteiger partial charge in [-0.2, -0.15) is 14.9 Å². The van der Waals surface area contributed by atoms with Gasteiger partial charge >= 0.3 is 0 Å². The summed E-state index contributed by atoms with van der Waals surface area (Å²) in [6.45, 7) is 4.01. The molecule has 0 aliphatic carbocycles. The highest BCUT2D eigenvalue weighted by atomic mass is 16.5. The number of rotatable bonds is 7. The van der Waals surface area contributed by atoms with Crippen LogP contribution in [0.25, 0.3) is 16.7 Å². The lowest BCUT2D eigenvalue weighted by molar-refractivity contribution is 0.326. The predicted octanol–water partition coefficient (Wildman–Crippen LogP) is 3.04. The topological polar surface area (TPSA) is 83.5 Å². The Hall–Kier alpha value is -4.20. The van der Waals surface area contributed by atoms with E-state index in [1.54, 1.807) is 36.2 Å². The Morgan fingerprint density at radius 1 is 1.17 bits per heavy atom. The first kappa shape index (κ1) is 19.1. The molecule has 2 heterocycles. The average Bonchev–Trinajstić information content (AvgIpc) is 3.23. The molecule has 0 atom stereocenters. The molecule has 0 amide bonds. The van der Waals surface area contributed by atoms with E-state index in [0.717, 1.165) is 11.3 Å². The van der Waals surface area contributed by atoms with Crippen molar-refractivity contribution in [2.45, 2.75) is 0 Å². The lowest BCUT2D eigenvalue weighted by atomic mass is 10.2. The summed E-state index contributed by atoms with van der Waals surface area (Å²) in [7, 11) is 1.56. The van der Waals surface area contributed by atoms with Gasteiger partial charge in [-0.3, -0.25) is 4.79 Å². The normalized spacial score (nSPS) is 11.1. The third-order valence-electron chi connectivity index (χ3n) is 4.35. The number of hydrogen-bond donors (Lipinski definition) is 0. The molecule has 0 aliphatic rings. The zero-order valence-corrected chi connectivity index (χ0v) is 16.3. The maximum Gasteiger partial charge on any atom is 0.285 e. The Labute approximate surface area is 172 Å². The Bertz CT molecular complexity index is 1280. The molecular formula is C22H19N5O3. The molecule has 2 aromatic heterocycles. The Morgan fingerprint density at radius 3 is 2.77 bits per heavy atom. The molecule has 0 spiro atoms. The van der Waals surface area contributed by atoms with E-state index in [4.69, 9.17) is 9.47 Å². The highest BCUT2D eigenvalue weighted by molar-refractivity contribution is 5.81. The molecule has 4 rings (SSSR count). The third kappa shape index (κ3) is 3.70. The second-order valence-electron chi connectivity index (χ2n) is 6.28. The summed E-state index contributed by atoms with van der Waals surface area (Å²) in [6.07, 6.45) is 6.08. The summed E-state index contributed by atoms with van der Waals surface area (Å²) in [6, 6.07) is 14.9. The molecule has 0 radical (unpaired) electrons. The lowest BCUT2D eigenvalue weighted by Crippen LogP contribution is -2.17. The SMILES string of the molecule is C=CCOc1ccc(/C=N\n2cnc3c(cnn3-c3ccccc3)c2=O)cc1OC. The number of ether oxygens (including phenoxy) is 2. The van der Waals surface area contributed by atoms with Crippen LogP contribution in [0.1, 0.15) is 5.56 Å². The monoisotopic (exact) mass is 401 g/mol. The minimum absolute atomic E-state index is 0.309. The first-order valence-electron chi connectivity index (χ1n) is 9.18. The highest BCUT2D eigenvalue weighted by Crippen LogP contribution is 2.27. The van der Waals surface area contributed by atoms with Crippen molar-refractivity contribution in [3.8, 4) is 17.2 Å². The molecular weight excluding hydrogens is 382 g/mol. The second kappa shape index (κ2) is 8.44. The first-order chi connectivity index (χ1) is 14.7. The van der Waals surface area contributed by atoms with Crippen molar-refractivity contribution in [1.82, 2.24) is 19.4 Å². The fraction of sp³-hybridized carbons (Fsp3) is 0.0909. The number of hydrogen-bond acceptors (Lipinski definition) is 6. The fourth-order valence-electron chi connectivity index (χ4n) is 2.90. The van der Waals surface area contributed by atoms with E-state index in [-0.39, 0.29) is 5.56 Å². The maximum absolute atomic E-state index is 12.8. The standard InChI is InChI=1S/C22H19N5O3/c1-3-11-30-19-10-9-16(12-20(19)29-2)13-24-26-15-23-21-18(22(26)28)14-25-27(21)17-7-5-4-6-8-17/h3-10,12-15H,1,11H2,2H3/b24-13-. The molecule has 0 fully saturated rings. The van der Waals surface area contributed by atoms with Crippen molar-refractivity contribution in [1.29, 1.82) is 0 Å². The summed E-state index contributed by atoms with van der Waals surface area (Å²) in [4.78, 5) is 17.2. The summed E-state index contributed by atoms with van der Waals surface area (Å²) in [5.41, 5.74) is 1.73. The van der Waals surface area contributed by atoms with Crippen molar-refractivity contribution in [2.75, 3.05) is 13.7 Å². The van der Waals surface area contributed by atoms with Crippen LogP contribution in [0.15, 0.2) is 83.6 Å². The van der Waals surface area contributed by atoms with E-state index in [0.29, 0.717) is 29.1 Å². The third-order valence-corrected chi connectivity index (χ3v) is 4.35. The molecule has 0 aliphatic heterocycles. The zero-order chi connectivity index (χ0) is 20.9. The van der Waals surface area contributed by atoms with E-state index in [9.17, 15) is 4.79 Å². The molecule has 0 saturated heterocycles. The molecule has 150 valence electrons. The molecule has 2 aromatic carbocycles. The van der Waals surface area contributed by atoms with E-state index in [2.05, 4.69) is 21.8 Å². The van der Waals surface area contributed by atoms with E-state index in [1.807, 2.05) is 36.4 Å². The minimum Gasteiger partial charge on any atom is -0.493 e. The van der Waals surface area contributed by atoms with E-state index < -0.39 is 0 Å². The Balaban J connectivity index is 1.64. The summed E-state index contributed by atoms with van der Waals surface area (Å²) in [5.74, 6) is 1.16. The van der Waals surface area contributed by atoms with Crippen LogP contribution in [0.2, 0.25) is 0 Å². The number of benzene rings is 2. The quantitative estimate of drug-likeness (QED) is 0.351. The van der Waals surface area contributed by atoms with Crippen LogP contribution < -0.4 is 15.0 Å². The number of fused-ring (bicyclic) bond motifs is 1. The number of methoxy groups -OCH3 is 1. The van der Waals surface area contributed by atoms with Gasteiger partial charge in [0.15, 0.2) is 17.1 Å². The molecule has 8 heteroatoms. The molecule has 30 heavy (non-hydrogen) atoms. The average molecular weight is 401 g/mol. The molecule has 4 aromatic rings. The molecule has 0 N–H and O–H groups in total. The van der Waals surface area contributed by atoms with Gasteiger partial charge in [-0.15, -0.1) is 0 Å². The van der Waals surface area contributed by atoms with Crippen LogP contribution >= 0.6 is 0 Å². The van der Waals surface area contributed by atoms with Crippen LogP contribution in [0.5, 0.6) is 11.5 Å². The number of nitrogens with zero attached hydrogens (tertiary/aromatic N) is 5. The van der Waals surface area contributed by atoms with E-state index >= 15 is 0 Å². The van der Waals surface area contributed by atoms with Gasteiger partial charge in [-0.05, 0) is 35.9 Å². The molecule has 0 unspecified atom stereocenters. The first-order valence-corrected chi connectivity index (χ1v) is 9.18. The van der Waals surface area contributed by atoms with Crippen molar-refractivity contribution in [3.63, 3.8) is 0 Å². The largest absolute Gasteiger partial charge is 0.493 e. The zero-order valence-electron chi connectivity index (χ0n) is 16.3. The maximum atomic E-state index is 12.8. The van der Waals surface area contributed by atoms with Gasteiger partial charge in [0.05, 0.1) is 25.2 Å². The summed E-state index contributed by atoms with van der Waals surface area (Å²) < 4.78 is 13.7. The van der Waals surface area contributed by atoms with Crippen LogP contribution in [0, 0.1) is 0 Å². The van der Waals surface area contributed by atoms with Gasteiger partial charge in [0.1, 0.15) is 18.3 Å². The summed E-state index contributed by atoms with van der Waals surface area (Å²) >= 11 is 0. The molecule has 8 nitrogen and oxygen atoms in total. The summed E-state index contributed by atoms with van der Waals surface area (Å²) in [5, 5.41) is 8.92. The van der Waals surface area contributed by atoms with Crippen LogP contribution in [-0.2, 0) is 0 Å². The lowest BCUT2D eigenvalue weighted by Gasteiger charge is -2.09. The van der Waals surface area contributed by atoms with E-state index in [1.165, 1.54) is 17.2 Å². The minimum atomic E-state index is -0.309. The van der Waals surface area contributed by atoms with Crippen molar-refractivity contribution in [3.05, 3.63) is 89.6 Å². The van der Waals surface area contributed by atoms with Gasteiger partial charge < -0.3 is 9.47 Å². The van der Waals surface area contributed by atoms with Crippen LogP contribution in [0.3, 0.4) is 0 Å². The van der Waals surface area contributed by atoms with Crippen LogP contribution in [0.4, 0.5) is 0 Å². The van der Waals surface area contributed by atoms with Gasteiger partial charge in [0.25, 0.3) is 5.56 Å². The predicted molar refractivity (Wildman–Crippen MR) is 115 cm³/mol. The number of para-hydroxylation sites is 1. The van der Waals surface area contributed by atoms with Crippen molar-refractivity contribution >= 4 is 17.2 Å². The molecule has 0 bridgehead atoms. The van der Waals surface area contributed by atoms with Gasteiger partial charge in [0, 0.05) is 0 Å². The fourth-order valence-corrected chi connectivity index (χ4v) is 2.90. The van der Waals surface area contributed by atoms with Crippen LogP contribution in [-0.4, -0.2) is 39.4 Å². The highest BCUT2D eigenvalue weighted by Gasteiger charge is 2.11. The second-order valence-corrected chi connectivity index (χ2v) is 6.28. The smallest absolute Gasteiger partial charge is 0.285 e. The van der Waals surface area contributed by atoms with Gasteiger partial charge in [-0.1, -0.05) is 30.9 Å². The van der Waals surface area contributed by atoms with Gasteiger partial charge in [-0.25, -0.2) is 9.67 Å². The van der Waals surface area contributed by atoms with Gasteiger partial charge in [0.2, 0.25) is 0 Å². The number of aromatic nitrogens is 4. The Morgan fingerprint density at radius 2 is 2.00 bits per heavy atom.